The Balaban J connectivity index is 1.30. The second kappa shape index (κ2) is 7.66. The molecule has 2 saturated heterocycles. The van der Waals surface area contributed by atoms with E-state index in [4.69, 9.17) is 0 Å². The molecule has 4 atom stereocenters. The highest BCUT2D eigenvalue weighted by Gasteiger charge is 2.44. The summed E-state index contributed by atoms with van der Waals surface area (Å²) in [5, 5.41) is 14.9. The van der Waals surface area contributed by atoms with E-state index in [-0.39, 0.29) is 10.6 Å². The molecule has 2 heterocycles. The van der Waals surface area contributed by atoms with Gasteiger partial charge in [0.05, 0.1) is 4.92 Å². The minimum Gasteiger partial charge on any atom is -0.377 e. The third kappa shape index (κ3) is 3.54. The molecule has 2 aliphatic heterocycles. The number of fused-ring (bicyclic) bond motifs is 4. The fraction of sp³-hybridized carbons (Fsp3) is 0.739. The van der Waals surface area contributed by atoms with Gasteiger partial charge >= 0.3 is 0 Å². The van der Waals surface area contributed by atoms with Crippen molar-refractivity contribution in [3.8, 4) is 0 Å². The molecule has 1 aromatic rings. The van der Waals surface area contributed by atoms with E-state index in [1.165, 1.54) is 57.8 Å². The van der Waals surface area contributed by atoms with E-state index in [1.807, 2.05) is 12.1 Å². The van der Waals surface area contributed by atoms with Crippen molar-refractivity contribution in [1.29, 1.82) is 0 Å². The van der Waals surface area contributed by atoms with Crippen LogP contribution in [-0.4, -0.2) is 34.0 Å². The summed E-state index contributed by atoms with van der Waals surface area (Å²) in [6.45, 7) is 0. The fourth-order valence-corrected chi connectivity index (χ4v) is 7.05. The third-order valence-electron chi connectivity index (χ3n) is 8.02. The first-order valence-electron chi connectivity index (χ1n) is 11.4. The topological polar surface area (TPSA) is 58.4 Å². The van der Waals surface area contributed by atoms with E-state index in [0.717, 1.165) is 30.7 Å². The van der Waals surface area contributed by atoms with Gasteiger partial charge in [0.25, 0.3) is 5.69 Å². The van der Waals surface area contributed by atoms with E-state index in [1.54, 1.807) is 12.1 Å². The van der Waals surface area contributed by atoms with Crippen LogP contribution in [0.25, 0.3) is 0 Å². The number of nitrogens with zero attached hydrogens (tertiary/aromatic N) is 2. The van der Waals surface area contributed by atoms with Gasteiger partial charge in [-0.05, 0) is 62.8 Å². The second-order valence-electron chi connectivity index (χ2n) is 9.80. The van der Waals surface area contributed by atoms with Crippen molar-refractivity contribution in [3.63, 3.8) is 0 Å². The van der Waals surface area contributed by atoms with Crippen molar-refractivity contribution in [1.82, 2.24) is 4.90 Å². The first-order chi connectivity index (χ1) is 13.7. The number of nitro groups is 1. The van der Waals surface area contributed by atoms with E-state index >= 15 is 0 Å². The predicted octanol–water partition coefficient (Wildman–Crippen LogP) is 5.36. The van der Waals surface area contributed by atoms with Gasteiger partial charge in [-0.25, -0.2) is 0 Å². The molecule has 5 nitrogen and oxygen atoms in total. The molecule has 0 radical (unpaired) electrons. The zero-order chi connectivity index (χ0) is 19.1. The molecule has 4 unspecified atom stereocenters. The number of anilines is 1. The van der Waals surface area contributed by atoms with Crippen LogP contribution >= 0.6 is 0 Å². The van der Waals surface area contributed by atoms with E-state index in [2.05, 4.69) is 10.2 Å². The highest BCUT2D eigenvalue weighted by molar-refractivity contribution is 5.61. The van der Waals surface area contributed by atoms with Crippen LogP contribution in [-0.2, 0) is 0 Å². The summed E-state index contributed by atoms with van der Waals surface area (Å²) in [6, 6.07) is 9.60. The van der Waals surface area contributed by atoms with Gasteiger partial charge in [0, 0.05) is 30.2 Å². The molecule has 0 amide bonds. The smallest absolute Gasteiger partial charge is 0.292 e. The van der Waals surface area contributed by atoms with Gasteiger partial charge in [-0.3, -0.25) is 15.0 Å². The quantitative estimate of drug-likeness (QED) is 0.561. The van der Waals surface area contributed by atoms with Gasteiger partial charge in [-0.2, -0.15) is 0 Å². The largest absolute Gasteiger partial charge is 0.377 e. The molecule has 5 heteroatoms. The van der Waals surface area contributed by atoms with Gasteiger partial charge in [0.2, 0.25) is 0 Å². The summed E-state index contributed by atoms with van der Waals surface area (Å²) in [4.78, 5) is 14.0. The van der Waals surface area contributed by atoms with Crippen LogP contribution in [0.3, 0.4) is 0 Å². The maximum Gasteiger partial charge on any atom is 0.292 e. The lowest BCUT2D eigenvalue weighted by Crippen LogP contribution is -2.60. The van der Waals surface area contributed by atoms with Crippen molar-refractivity contribution in [3.05, 3.63) is 34.4 Å². The van der Waals surface area contributed by atoms with Gasteiger partial charge in [0.15, 0.2) is 0 Å². The highest BCUT2D eigenvalue weighted by atomic mass is 16.6. The molecule has 4 fully saturated rings. The summed E-state index contributed by atoms with van der Waals surface area (Å²) in [5.74, 6) is 1.95. The van der Waals surface area contributed by atoms with E-state index in [9.17, 15) is 10.1 Å². The Morgan fingerprint density at radius 3 is 2.18 bits per heavy atom. The van der Waals surface area contributed by atoms with Gasteiger partial charge in [0.1, 0.15) is 5.69 Å². The molecule has 4 bridgehead atoms. The molecule has 152 valence electrons. The van der Waals surface area contributed by atoms with Gasteiger partial charge < -0.3 is 5.32 Å². The van der Waals surface area contributed by atoms with Crippen LogP contribution in [0.2, 0.25) is 0 Å². The van der Waals surface area contributed by atoms with Gasteiger partial charge in [-0.1, -0.05) is 37.8 Å². The van der Waals surface area contributed by atoms with Crippen LogP contribution < -0.4 is 5.32 Å². The number of rotatable bonds is 4. The lowest BCUT2D eigenvalue weighted by Gasteiger charge is -2.55. The minimum absolute atomic E-state index is 0.204. The number of benzene rings is 1. The van der Waals surface area contributed by atoms with Crippen molar-refractivity contribution < 1.29 is 4.92 Å². The second-order valence-corrected chi connectivity index (χ2v) is 9.80. The summed E-state index contributed by atoms with van der Waals surface area (Å²) in [7, 11) is 0. The molecular weight excluding hydrogens is 350 g/mol. The molecule has 5 rings (SSSR count). The van der Waals surface area contributed by atoms with Crippen molar-refractivity contribution >= 4 is 11.4 Å². The predicted molar refractivity (Wildman–Crippen MR) is 111 cm³/mol. The highest BCUT2D eigenvalue weighted by Crippen LogP contribution is 2.46. The number of nitrogens with one attached hydrogen (secondary N) is 1. The molecule has 4 aliphatic rings. The van der Waals surface area contributed by atoms with Crippen LogP contribution in [0.4, 0.5) is 11.4 Å². The van der Waals surface area contributed by atoms with Gasteiger partial charge in [-0.15, -0.1) is 0 Å². The number of hydrogen-bond acceptors (Lipinski definition) is 4. The first kappa shape index (κ1) is 18.4. The standard InChI is InChI=1S/C23H33N3O2/c27-26(28)23-10-2-1-9-22(23)24-18-14-19-7-4-8-20(15-18)25(19)21-12-16-5-3-6-17(11-16)13-21/h1-2,9-10,16-21,24H,3-8,11-15H2. The fourth-order valence-electron chi connectivity index (χ4n) is 7.05. The molecule has 0 aromatic heterocycles. The van der Waals surface area contributed by atoms with Crippen LogP contribution in [0.5, 0.6) is 0 Å². The Labute approximate surface area is 168 Å². The zero-order valence-electron chi connectivity index (χ0n) is 16.8. The maximum atomic E-state index is 11.4. The summed E-state index contributed by atoms with van der Waals surface area (Å²) in [5.41, 5.74) is 0.895. The lowest BCUT2D eigenvalue weighted by molar-refractivity contribution is -0.384. The van der Waals surface area contributed by atoms with Crippen LogP contribution in [0.1, 0.15) is 70.6 Å². The molecule has 1 N–H and O–H groups in total. The molecule has 2 saturated carbocycles. The molecule has 28 heavy (non-hydrogen) atoms. The number of hydrogen-bond donors (Lipinski definition) is 1. The summed E-state index contributed by atoms with van der Waals surface area (Å²) in [6.07, 6.45) is 14.9. The maximum absolute atomic E-state index is 11.4. The van der Waals surface area contributed by atoms with E-state index < -0.39 is 0 Å². The number of nitro benzene ring substituents is 1. The number of piperidine rings is 2. The molecule has 1 aromatic carbocycles. The summed E-state index contributed by atoms with van der Waals surface area (Å²) >= 11 is 0. The van der Waals surface area contributed by atoms with Crippen molar-refractivity contribution in [2.45, 2.75) is 94.8 Å². The summed E-state index contributed by atoms with van der Waals surface area (Å²) < 4.78 is 0. The van der Waals surface area contributed by atoms with Crippen LogP contribution in [0, 0.1) is 22.0 Å². The Morgan fingerprint density at radius 1 is 0.857 bits per heavy atom. The first-order valence-corrected chi connectivity index (χ1v) is 11.4. The Kier molecular flexibility index (Phi) is 5.04. The van der Waals surface area contributed by atoms with Crippen LogP contribution in [0.15, 0.2) is 24.3 Å². The lowest BCUT2D eigenvalue weighted by atomic mass is 9.68. The van der Waals surface area contributed by atoms with E-state index in [0.29, 0.717) is 23.8 Å². The molecule has 0 spiro atoms. The SMILES string of the molecule is O=[N+]([O-])c1ccccc1NC1CC2CCCC(C1)N2C1CC2CCCC(C2)C1. The molecule has 2 aliphatic carbocycles. The Morgan fingerprint density at radius 2 is 1.50 bits per heavy atom. The average molecular weight is 384 g/mol. The number of para-hydroxylation sites is 2. The zero-order valence-corrected chi connectivity index (χ0v) is 16.8. The monoisotopic (exact) mass is 383 g/mol. The Bertz CT molecular complexity index is 698. The Hall–Kier alpha value is -1.62. The third-order valence-corrected chi connectivity index (χ3v) is 8.02. The minimum atomic E-state index is -0.265. The average Bonchev–Trinajstić information content (AvgIpc) is 2.67. The van der Waals surface area contributed by atoms with Crippen molar-refractivity contribution in [2.75, 3.05) is 5.32 Å². The normalized spacial score (nSPS) is 38.0. The van der Waals surface area contributed by atoms with Crippen molar-refractivity contribution in [2.24, 2.45) is 11.8 Å². The molecular formula is C23H33N3O2.